The molecule has 5 heteroatoms. The second kappa shape index (κ2) is 5.02. The molecule has 0 aliphatic carbocycles. The Morgan fingerprint density at radius 2 is 1.81 bits per heavy atom. The Hall–Kier alpha value is -2.11. The van der Waals surface area contributed by atoms with E-state index in [0.717, 1.165) is 20.3 Å². The molecule has 2 heterocycles. The summed E-state index contributed by atoms with van der Waals surface area (Å²) in [6, 6.07) is 17.4. The molecule has 0 amide bonds. The van der Waals surface area contributed by atoms with E-state index < -0.39 is 0 Å². The Bertz CT molecular complexity index is 916. The lowest BCUT2D eigenvalue weighted by Gasteiger charge is -2.02. The molecule has 2 aromatic heterocycles. The van der Waals surface area contributed by atoms with Gasteiger partial charge in [-0.15, -0.1) is 11.3 Å². The van der Waals surface area contributed by atoms with E-state index in [4.69, 9.17) is 0 Å². The van der Waals surface area contributed by atoms with Gasteiger partial charge in [0, 0.05) is 5.39 Å². The zero-order valence-corrected chi connectivity index (χ0v) is 12.5. The normalized spacial score (nSPS) is 11.2. The zero-order valence-electron chi connectivity index (χ0n) is 10.9. The van der Waals surface area contributed by atoms with Crippen LogP contribution in [0.1, 0.15) is 0 Å². The third-order valence-corrected chi connectivity index (χ3v) is 5.17. The number of fused-ring (bicyclic) bond motifs is 2. The summed E-state index contributed by atoms with van der Waals surface area (Å²) in [6.07, 6.45) is 0. The first kappa shape index (κ1) is 12.6. The van der Waals surface area contributed by atoms with E-state index in [9.17, 15) is 5.11 Å². The number of phenols is 1. The molecule has 102 valence electrons. The topological polar surface area (TPSA) is 46.0 Å². The smallest absolute Gasteiger partial charge is 0.157 e. The number of aromatic hydroxyl groups is 1. The number of pyridine rings is 1. The summed E-state index contributed by atoms with van der Waals surface area (Å²) < 4.78 is 2.13. The Labute approximate surface area is 129 Å². The zero-order chi connectivity index (χ0) is 14.2. The van der Waals surface area contributed by atoms with Gasteiger partial charge in [-0.1, -0.05) is 24.3 Å². The van der Waals surface area contributed by atoms with Crippen molar-refractivity contribution in [1.29, 1.82) is 0 Å². The fourth-order valence-electron chi connectivity index (χ4n) is 2.15. The molecule has 0 bridgehead atoms. The van der Waals surface area contributed by atoms with Crippen LogP contribution in [-0.4, -0.2) is 15.1 Å². The maximum absolute atomic E-state index is 9.89. The summed E-state index contributed by atoms with van der Waals surface area (Å²) in [5.41, 5.74) is 1.64. The monoisotopic (exact) mass is 310 g/mol. The molecule has 0 unspecified atom stereocenters. The molecular weight excluding hydrogens is 300 g/mol. The van der Waals surface area contributed by atoms with E-state index in [2.05, 4.69) is 16.0 Å². The lowest BCUT2D eigenvalue weighted by molar-refractivity contribution is 0.480. The first-order valence-electron chi connectivity index (χ1n) is 6.42. The van der Waals surface area contributed by atoms with Gasteiger partial charge in [0.25, 0.3) is 0 Å². The number of hydrogen-bond donors (Lipinski definition) is 1. The fourth-order valence-corrected chi connectivity index (χ4v) is 4.14. The number of para-hydroxylation sites is 2. The SMILES string of the molecule is Oc1cccc2ccc(Sc3nc4ccccc4s3)nc12. The first-order chi connectivity index (χ1) is 10.3. The largest absolute Gasteiger partial charge is 0.506 e. The number of rotatable bonds is 2. The Morgan fingerprint density at radius 3 is 2.71 bits per heavy atom. The Morgan fingerprint density at radius 1 is 0.905 bits per heavy atom. The van der Waals surface area contributed by atoms with Crippen LogP contribution in [0.3, 0.4) is 0 Å². The maximum Gasteiger partial charge on any atom is 0.157 e. The predicted molar refractivity (Wildman–Crippen MR) is 87.2 cm³/mol. The molecule has 0 saturated heterocycles. The number of phenolic OH excluding ortho intramolecular Hbond substituents is 1. The van der Waals surface area contributed by atoms with Crippen molar-refractivity contribution >= 4 is 44.2 Å². The van der Waals surface area contributed by atoms with E-state index in [-0.39, 0.29) is 5.75 Å². The van der Waals surface area contributed by atoms with E-state index in [1.165, 1.54) is 16.5 Å². The van der Waals surface area contributed by atoms with Crippen LogP contribution in [0.15, 0.2) is 64.0 Å². The van der Waals surface area contributed by atoms with Crippen LogP contribution in [0.4, 0.5) is 0 Å². The molecule has 4 rings (SSSR count). The van der Waals surface area contributed by atoms with Crippen molar-refractivity contribution in [3.63, 3.8) is 0 Å². The van der Waals surface area contributed by atoms with Crippen LogP contribution in [0, 0.1) is 0 Å². The minimum Gasteiger partial charge on any atom is -0.506 e. The van der Waals surface area contributed by atoms with Gasteiger partial charge in [0.2, 0.25) is 0 Å². The number of nitrogens with zero attached hydrogens (tertiary/aromatic N) is 2. The molecule has 2 aromatic carbocycles. The molecule has 21 heavy (non-hydrogen) atoms. The molecule has 0 radical (unpaired) electrons. The van der Waals surface area contributed by atoms with Crippen molar-refractivity contribution in [2.75, 3.05) is 0 Å². The van der Waals surface area contributed by atoms with Gasteiger partial charge in [0.05, 0.1) is 10.2 Å². The minimum absolute atomic E-state index is 0.208. The Balaban J connectivity index is 1.74. The van der Waals surface area contributed by atoms with Gasteiger partial charge in [-0.05, 0) is 42.1 Å². The van der Waals surface area contributed by atoms with Crippen molar-refractivity contribution in [3.8, 4) is 5.75 Å². The molecular formula is C16H10N2OS2. The quantitative estimate of drug-likeness (QED) is 0.583. The van der Waals surface area contributed by atoms with Crippen molar-refractivity contribution in [3.05, 3.63) is 54.6 Å². The number of aromatic nitrogens is 2. The molecule has 0 atom stereocenters. The van der Waals surface area contributed by atoms with Gasteiger partial charge in [0.15, 0.2) is 4.34 Å². The number of hydrogen-bond acceptors (Lipinski definition) is 5. The minimum atomic E-state index is 0.208. The number of thiazole rings is 1. The summed E-state index contributed by atoms with van der Waals surface area (Å²) in [4.78, 5) is 9.11. The molecule has 0 aliphatic heterocycles. The van der Waals surface area contributed by atoms with Crippen LogP contribution < -0.4 is 0 Å². The first-order valence-corrected chi connectivity index (χ1v) is 8.05. The van der Waals surface area contributed by atoms with Crippen LogP contribution >= 0.6 is 23.1 Å². The van der Waals surface area contributed by atoms with Gasteiger partial charge < -0.3 is 5.11 Å². The molecule has 0 fully saturated rings. The fraction of sp³-hybridized carbons (Fsp3) is 0. The van der Waals surface area contributed by atoms with E-state index in [1.807, 2.05) is 42.5 Å². The van der Waals surface area contributed by atoms with Crippen LogP contribution in [-0.2, 0) is 0 Å². The molecule has 0 aliphatic rings. The highest BCUT2D eigenvalue weighted by molar-refractivity contribution is 8.01. The third-order valence-electron chi connectivity index (χ3n) is 3.14. The lowest BCUT2D eigenvalue weighted by Crippen LogP contribution is -1.83. The van der Waals surface area contributed by atoms with Crippen molar-refractivity contribution in [2.45, 2.75) is 9.37 Å². The lowest BCUT2D eigenvalue weighted by atomic mass is 10.2. The predicted octanol–water partition coefficient (Wildman–Crippen LogP) is 4.70. The molecule has 1 N–H and O–H groups in total. The third kappa shape index (κ3) is 2.34. The van der Waals surface area contributed by atoms with E-state index in [1.54, 1.807) is 17.4 Å². The Kier molecular flexibility index (Phi) is 3.02. The average Bonchev–Trinajstić information content (AvgIpc) is 2.90. The number of benzene rings is 2. The van der Waals surface area contributed by atoms with Gasteiger partial charge in [0.1, 0.15) is 16.3 Å². The molecule has 0 saturated carbocycles. The molecule has 0 spiro atoms. The van der Waals surface area contributed by atoms with Gasteiger partial charge in [-0.3, -0.25) is 0 Å². The molecule has 4 aromatic rings. The van der Waals surface area contributed by atoms with Gasteiger partial charge >= 0.3 is 0 Å². The summed E-state index contributed by atoms with van der Waals surface area (Å²) >= 11 is 3.17. The average molecular weight is 310 g/mol. The molecule has 3 nitrogen and oxygen atoms in total. The highest BCUT2D eigenvalue weighted by atomic mass is 32.2. The highest BCUT2D eigenvalue weighted by Crippen LogP contribution is 2.34. The van der Waals surface area contributed by atoms with Gasteiger partial charge in [-0.25, -0.2) is 9.97 Å². The van der Waals surface area contributed by atoms with E-state index in [0.29, 0.717) is 5.52 Å². The summed E-state index contributed by atoms with van der Waals surface area (Å²) in [5, 5.41) is 11.7. The standard InChI is InChI=1S/C16H10N2OS2/c19-12-6-3-4-10-8-9-14(18-15(10)12)21-16-17-11-5-1-2-7-13(11)20-16/h1-9,19H. The second-order valence-corrected chi connectivity index (χ2v) is 6.85. The summed E-state index contributed by atoms with van der Waals surface area (Å²) in [6.45, 7) is 0. The van der Waals surface area contributed by atoms with E-state index >= 15 is 0 Å². The van der Waals surface area contributed by atoms with Crippen molar-refractivity contribution < 1.29 is 5.11 Å². The van der Waals surface area contributed by atoms with Crippen LogP contribution in [0.25, 0.3) is 21.1 Å². The van der Waals surface area contributed by atoms with Crippen LogP contribution in [0.2, 0.25) is 0 Å². The van der Waals surface area contributed by atoms with Gasteiger partial charge in [-0.2, -0.15) is 0 Å². The van der Waals surface area contributed by atoms with Crippen molar-refractivity contribution in [2.24, 2.45) is 0 Å². The maximum atomic E-state index is 9.89. The summed E-state index contributed by atoms with van der Waals surface area (Å²) in [7, 11) is 0. The second-order valence-electron chi connectivity index (χ2n) is 4.55. The van der Waals surface area contributed by atoms with Crippen molar-refractivity contribution in [1.82, 2.24) is 9.97 Å². The van der Waals surface area contributed by atoms with Crippen LogP contribution in [0.5, 0.6) is 5.75 Å². The summed E-state index contributed by atoms with van der Waals surface area (Å²) in [5.74, 6) is 0.208. The highest BCUT2D eigenvalue weighted by Gasteiger charge is 2.08.